The Morgan fingerprint density at radius 1 is 1.20 bits per heavy atom. The molecule has 5 heteroatoms. The molecule has 0 saturated heterocycles. The Hall–Kier alpha value is -1.39. The molecule has 106 valence electrons. The van der Waals surface area contributed by atoms with Gasteiger partial charge < -0.3 is 10.3 Å². The van der Waals surface area contributed by atoms with Gasteiger partial charge in [-0.3, -0.25) is 0 Å². The lowest BCUT2D eigenvalue weighted by molar-refractivity contribution is 0.255. The summed E-state index contributed by atoms with van der Waals surface area (Å²) in [5, 5.41) is 4.63. The summed E-state index contributed by atoms with van der Waals surface area (Å²) < 4.78 is 5.34. The number of hydrogen-bond donors (Lipinski definition) is 1. The summed E-state index contributed by atoms with van der Waals surface area (Å²) in [6, 6.07) is 7.30. The van der Waals surface area contributed by atoms with Crippen molar-refractivity contribution in [2.45, 2.75) is 38.1 Å². The van der Waals surface area contributed by atoms with E-state index in [2.05, 4.69) is 10.1 Å². The molecular formula is C15H18ClN3O. The second-order valence-electron chi connectivity index (χ2n) is 5.36. The minimum atomic E-state index is -0.168. The molecule has 2 N–H and O–H groups in total. The summed E-state index contributed by atoms with van der Waals surface area (Å²) in [4.78, 5) is 4.43. The Kier molecular flexibility index (Phi) is 4.03. The van der Waals surface area contributed by atoms with Crippen LogP contribution in [0, 0.1) is 5.92 Å². The maximum Gasteiger partial charge on any atom is 0.244 e. The average molecular weight is 292 g/mol. The lowest BCUT2D eigenvalue weighted by Crippen LogP contribution is -2.23. The zero-order chi connectivity index (χ0) is 13.9. The molecule has 20 heavy (non-hydrogen) atoms. The van der Waals surface area contributed by atoms with E-state index in [1.807, 2.05) is 24.3 Å². The number of nitrogens with zero attached hydrogens (tertiary/aromatic N) is 2. The van der Waals surface area contributed by atoms with E-state index in [1.54, 1.807) is 0 Å². The van der Waals surface area contributed by atoms with Crippen LogP contribution in [-0.4, -0.2) is 10.1 Å². The largest absolute Gasteiger partial charge is 0.337 e. The van der Waals surface area contributed by atoms with Crippen molar-refractivity contribution in [3.05, 3.63) is 35.2 Å². The fraction of sp³-hybridized carbons (Fsp3) is 0.467. The van der Waals surface area contributed by atoms with Crippen molar-refractivity contribution in [1.29, 1.82) is 0 Å². The molecular weight excluding hydrogens is 274 g/mol. The first kappa shape index (κ1) is 13.6. The molecule has 1 saturated carbocycles. The van der Waals surface area contributed by atoms with E-state index < -0.39 is 0 Å². The van der Waals surface area contributed by atoms with Gasteiger partial charge in [0.1, 0.15) is 0 Å². The molecule has 1 aliphatic carbocycles. The van der Waals surface area contributed by atoms with Gasteiger partial charge in [-0.15, -0.1) is 0 Å². The standard InChI is InChI=1S/C15H18ClN3O/c16-12-9-5-4-8-11(12)14-18-15(20-19-14)13(17)10-6-2-1-3-7-10/h4-5,8-10,13H,1-3,6-7,17H2. The Labute approximate surface area is 123 Å². The lowest BCUT2D eigenvalue weighted by atomic mass is 9.84. The molecule has 1 aliphatic rings. The first-order chi connectivity index (χ1) is 9.75. The third kappa shape index (κ3) is 2.72. The summed E-state index contributed by atoms with van der Waals surface area (Å²) in [5.74, 6) is 1.48. The van der Waals surface area contributed by atoms with E-state index in [1.165, 1.54) is 19.3 Å². The van der Waals surface area contributed by atoms with Gasteiger partial charge in [0.2, 0.25) is 11.7 Å². The monoisotopic (exact) mass is 291 g/mol. The molecule has 0 amide bonds. The molecule has 1 aromatic heterocycles. The first-order valence-corrected chi connectivity index (χ1v) is 7.47. The normalized spacial score (nSPS) is 18.1. The Bertz CT molecular complexity index is 578. The molecule has 2 aromatic rings. The summed E-state index contributed by atoms with van der Waals surface area (Å²) in [7, 11) is 0. The van der Waals surface area contributed by atoms with Crippen molar-refractivity contribution >= 4 is 11.6 Å². The van der Waals surface area contributed by atoms with Crippen molar-refractivity contribution < 1.29 is 4.52 Å². The molecule has 1 unspecified atom stereocenters. The number of hydrogen-bond acceptors (Lipinski definition) is 4. The van der Waals surface area contributed by atoms with Gasteiger partial charge in [-0.05, 0) is 30.9 Å². The van der Waals surface area contributed by atoms with E-state index in [0.717, 1.165) is 18.4 Å². The van der Waals surface area contributed by atoms with Crippen LogP contribution in [0.1, 0.15) is 44.0 Å². The highest BCUT2D eigenvalue weighted by Crippen LogP contribution is 2.33. The van der Waals surface area contributed by atoms with Crippen LogP contribution in [0.2, 0.25) is 5.02 Å². The van der Waals surface area contributed by atoms with Crippen molar-refractivity contribution in [1.82, 2.24) is 10.1 Å². The third-order valence-electron chi connectivity index (χ3n) is 4.00. The van der Waals surface area contributed by atoms with Gasteiger partial charge in [0.05, 0.1) is 11.1 Å². The summed E-state index contributed by atoms with van der Waals surface area (Å²) in [5.41, 5.74) is 7.05. The SMILES string of the molecule is NC(c1nc(-c2ccccc2Cl)no1)C1CCCCC1. The van der Waals surface area contributed by atoms with Crippen LogP contribution < -0.4 is 5.73 Å². The molecule has 0 radical (unpaired) electrons. The van der Waals surface area contributed by atoms with Gasteiger partial charge in [-0.1, -0.05) is 48.2 Å². The van der Waals surface area contributed by atoms with E-state index >= 15 is 0 Å². The van der Waals surface area contributed by atoms with Crippen molar-refractivity contribution in [3.63, 3.8) is 0 Å². The van der Waals surface area contributed by atoms with Gasteiger partial charge in [0, 0.05) is 5.56 Å². The van der Waals surface area contributed by atoms with Crippen molar-refractivity contribution in [3.8, 4) is 11.4 Å². The fourth-order valence-electron chi connectivity index (χ4n) is 2.82. The van der Waals surface area contributed by atoms with Crippen LogP contribution in [0.4, 0.5) is 0 Å². The highest BCUT2D eigenvalue weighted by molar-refractivity contribution is 6.33. The second kappa shape index (κ2) is 5.94. The second-order valence-corrected chi connectivity index (χ2v) is 5.77. The van der Waals surface area contributed by atoms with Crippen molar-refractivity contribution in [2.75, 3.05) is 0 Å². The predicted molar refractivity (Wildman–Crippen MR) is 78.2 cm³/mol. The molecule has 1 heterocycles. The van der Waals surface area contributed by atoms with Crippen LogP contribution in [0.25, 0.3) is 11.4 Å². The number of benzene rings is 1. The Morgan fingerprint density at radius 3 is 2.70 bits per heavy atom. The molecule has 4 nitrogen and oxygen atoms in total. The Balaban J connectivity index is 1.81. The molecule has 3 rings (SSSR count). The van der Waals surface area contributed by atoms with E-state index in [-0.39, 0.29) is 6.04 Å². The highest BCUT2D eigenvalue weighted by atomic mass is 35.5. The summed E-state index contributed by atoms with van der Waals surface area (Å²) in [6.07, 6.45) is 6.07. The van der Waals surface area contributed by atoms with Crippen LogP contribution in [0.3, 0.4) is 0 Å². The number of nitrogens with two attached hydrogens (primary N) is 1. The van der Waals surface area contributed by atoms with Crippen LogP contribution >= 0.6 is 11.6 Å². The van der Waals surface area contributed by atoms with Gasteiger partial charge in [-0.2, -0.15) is 4.98 Å². The molecule has 1 aromatic carbocycles. The summed E-state index contributed by atoms with van der Waals surface area (Å²) in [6.45, 7) is 0. The topological polar surface area (TPSA) is 64.9 Å². The smallest absolute Gasteiger partial charge is 0.244 e. The molecule has 0 aliphatic heterocycles. The number of rotatable bonds is 3. The third-order valence-corrected chi connectivity index (χ3v) is 4.33. The van der Waals surface area contributed by atoms with E-state index in [9.17, 15) is 0 Å². The number of aromatic nitrogens is 2. The molecule has 0 spiro atoms. The minimum absolute atomic E-state index is 0.168. The van der Waals surface area contributed by atoms with Gasteiger partial charge >= 0.3 is 0 Å². The van der Waals surface area contributed by atoms with Gasteiger partial charge in [0.25, 0.3) is 0 Å². The molecule has 0 bridgehead atoms. The maximum atomic E-state index is 6.27. The molecule has 1 fully saturated rings. The van der Waals surface area contributed by atoms with E-state index in [4.69, 9.17) is 21.9 Å². The predicted octanol–water partition coefficient (Wildman–Crippen LogP) is 3.97. The fourth-order valence-corrected chi connectivity index (χ4v) is 3.04. The lowest BCUT2D eigenvalue weighted by Gasteiger charge is -2.24. The maximum absolute atomic E-state index is 6.27. The quantitative estimate of drug-likeness (QED) is 0.929. The highest BCUT2D eigenvalue weighted by Gasteiger charge is 2.26. The van der Waals surface area contributed by atoms with Gasteiger partial charge in [-0.25, -0.2) is 0 Å². The van der Waals surface area contributed by atoms with Gasteiger partial charge in [0.15, 0.2) is 0 Å². The van der Waals surface area contributed by atoms with Crippen molar-refractivity contribution in [2.24, 2.45) is 11.7 Å². The molecule has 1 atom stereocenters. The zero-order valence-electron chi connectivity index (χ0n) is 11.3. The van der Waals surface area contributed by atoms with Crippen LogP contribution in [-0.2, 0) is 0 Å². The minimum Gasteiger partial charge on any atom is -0.337 e. The summed E-state index contributed by atoms with van der Waals surface area (Å²) >= 11 is 6.14. The Morgan fingerprint density at radius 2 is 1.95 bits per heavy atom. The average Bonchev–Trinajstić information content (AvgIpc) is 2.97. The van der Waals surface area contributed by atoms with Crippen LogP contribution in [0.15, 0.2) is 28.8 Å². The number of halogens is 1. The van der Waals surface area contributed by atoms with E-state index in [0.29, 0.717) is 22.7 Å². The first-order valence-electron chi connectivity index (χ1n) is 7.10. The van der Waals surface area contributed by atoms with Crippen LogP contribution in [0.5, 0.6) is 0 Å². The zero-order valence-corrected chi connectivity index (χ0v) is 12.0.